The van der Waals surface area contributed by atoms with E-state index < -0.39 is 0 Å². The first kappa shape index (κ1) is 22.6. The second kappa shape index (κ2) is 9.94. The average Bonchev–Trinajstić information content (AvgIpc) is 2.84. The highest BCUT2D eigenvalue weighted by Gasteiger charge is 2.31. The number of nitrogens with zero attached hydrogens (tertiary/aromatic N) is 1. The Morgan fingerprint density at radius 3 is 1.94 bits per heavy atom. The molecule has 0 spiro atoms. The van der Waals surface area contributed by atoms with Gasteiger partial charge in [-0.2, -0.15) is 0 Å². The van der Waals surface area contributed by atoms with Gasteiger partial charge in [0.2, 0.25) is 5.91 Å². The molecular weight excluding hydrogens is 437 g/mol. The van der Waals surface area contributed by atoms with E-state index in [9.17, 15) is 4.79 Å². The molecule has 4 heteroatoms. The lowest BCUT2D eigenvalue weighted by atomic mass is 9.78. The molecule has 4 rings (SSSR count). The highest BCUT2D eigenvalue weighted by atomic mass is 35.5. The minimum absolute atomic E-state index is 0.0318. The van der Waals surface area contributed by atoms with Crippen molar-refractivity contribution in [2.24, 2.45) is 5.92 Å². The monoisotopic (exact) mass is 463 g/mol. The highest BCUT2D eigenvalue weighted by molar-refractivity contribution is 6.31. The van der Waals surface area contributed by atoms with Crippen LogP contribution < -0.4 is 0 Å². The molecule has 3 aromatic carbocycles. The molecule has 32 heavy (non-hydrogen) atoms. The van der Waals surface area contributed by atoms with E-state index in [1.807, 2.05) is 54.4 Å². The molecule has 2 nitrogen and oxygen atoms in total. The molecule has 0 heterocycles. The van der Waals surface area contributed by atoms with Crippen molar-refractivity contribution in [1.82, 2.24) is 4.90 Å². The fourth-order valence-electron chi connectivity index (χ4n) is 4.50. The van der Waals surface area contributed by atoms with Crippen molar-refractivity contribution in [2.45, 2.75) is 32.2 Å². The summed E-state index contributed by atoms with van der Waals surface area (Å²) in [5, 5.41) is 1.44. The molecule has 164 valence electrons. The van der Waals surface area contributed by atoms with E-state index in [0.29, 0.717) is 11.4 Å². The number of amides is 1. The summed E-state index contributed by atoms with van der Waals surface area (Å²) >= 11 is 12.3. The molecule has 1 aliphatic rings. The van der Waals surface area contributed by atoms with Crippen LogP contribution in [0.15, 0.2) is 78.9 Å². The van der Waals surface area contributed by atoms with Crippen LogP contribution >= 0.6 is 23.2 Å². The van der Waals surface area contributed by atoms with Gasteiger partial charge in [-0.25, -0.2) is 0 Å². The second-order valence-electron chi connectivity index (χ2n) is 8.45. The third-order valence-corrected chi connectivity index (χ3v) is 7.01. The van der Waals surface area contributed by atoms with Gasteiger partial charge in [0.15, 0.2) is 0 Å². The largest absolute Gasteiger partial charge is 0.339 e. The third kappa shape index (κ3) is 4.92. The lowest BCUT2D eigenvalue weighted by Crippen LogP contribution is -2.36. The number of allylic oxidation sites excluding steroid dienone is 2. The zero-order valence-corrected chi connectivity index (χ0v) is 19.9. The van der Waals surface area contributed by atoms with Crippen molar-refractivity contribution in [3.8, 4) is 0 Å². The number of rotatable bonds is 5. The summed E-state index contributed by atoms with van der Waals surface area (Å²) in [5.41, 5.74) is 5.93. The van der Waals surface area contributed by atoms with Gasteiger partial charge in [-0.15, -0.1) is 0 Å². The van der Waals surface area contributed by atoms with Crippen LogP contribution in [0.1, 0.15) is 48.9 Å². The number of hydrogen-bond acceptors (Lipinski definition) is 1. The van der Waals surface area contributed by atoms with E-state index in [2.05, 4.69) is 43.3 Å². The minimum Gasteiger partial charge on any atom is -0.339 e. The van der Waals surface area contributed by atoms with Gasteiger partial charge in [-0.05, 0) is 78.3 Å². The second-order valence-corrected chi connectivity index (χ2v) is 9.32. The van der Waals surface area contributed by atoms with Crippen molar-refractivity contribution in [2.75, 3.05) is 7.05 Å². The summed E-state index contributed by atoms with van der Waals surface area (Å²) in [6.07, 6.45) is 2.40. The van der Waals surface area contributed by atoms with Crippen LogP contribution in [0.25, 0.3) is 11.1 Å². The summed E-state index contributed by atoms with van der Waals surface area (Å²) in [4.78, 5) is 15.4. The molecule has 0 fully saturated rings. The first-order valence-electron chi connectivity index (χ1n) is 11.0. The Kier molecular flexibility index (Phi) is 7.03. The fourth-order valence-corrected chi connectivity index (χ4v) is 4.75. The minimum atomic E-state index is -0.0482. The Hall–Kier alpha value is -2.55. The molecule has 2 atom stereocenters. The molecule has 1 amide bonds. The van der Waals surface area contributed by atoms with Crippen molar-refractivity contribution >= 4 is 40.3 Å². The lowest BCUT2D eigenvalue weighted by Gasteiger charge is -2.33. The molecule has 0 aliphatic heterocycles. The summed E-state index contributed by atoms with van der Waals surface area (Å²) in [6.45, 7) is 2.09. The van der Waals surface area contributed by atoms with Gasteiger partial charge in [0.25, 0.3) is 0 Å². The van der Waals surface area contributed by atoms with Crippen LogP contribution in [0.3, 0.4) is 0 Å². The number of carbonyl (C=O) groups excluding carboxylic acids is 1. The van der Waals surface area contributed by atoms with Gasteiger partial charge in [-0.1, -0.05) is 77.8 Å². The summed E-state index contributed by atoms with van der Waals surface area (Å²) in [6, 6.07) is 26.1. The van der Waals surface area contributed by atoms with E-state index in [4.69, 9.17) is 23.2 Å². The molecule has 0 bridgehead atoms. The van der Waals surface area contributed by atoms with E-state index in [1.165, 1.54) is 11.1 Å². The van der Waals surface area contributed by atoms with E-state index in [0.717, 1.165) is 34.6 Å². The number of benzene rings is 3. The lowest BCUT2D eigenvalue weighted by molar-refractivity contribution is -0.136. The summed E-state index contributed by atoms with van der Waals surface area (Å²) in [7, 11) is 1.92. The molecule has 1 aliphatic carbocycles. The normalized spacial score (nSPS) is 17.2. The fraction of sp³-hybridized carbons (Fsp3) is 0.250. The Morgan fingerprint density at radius 2 is 1.38 bits per heavy atom. The molecule has 2 unspecified atom stereocenters. The zero-order chi connectivity index (χ0) is 22.7. The van der Waals surface area contributed by atoms with Gasteiger partial charge < -0.3 is 4.90 Å². The third-order valence-electron chi connectivity index (χ3n) is 6.50. The highest BCUT2D eigenvalue weighted by Crippen LogP contribution is 2.42. The predicted molar refractivity (Wildman–Crippen MR) is 135 cm³/mol. The quantitative estimate of drug-likeness (QED) is 0.376. The summed E-state index contributed by atoms with van der Waals surface area (Å²) < 4.78 is 0. The van der Waals surface area contributed by atoms with Gasteiger partial charge in [0.1, 0.15) is 0 Å². The Labute approximate surface area is 200 Å². The SMILES string of the molecule is CC(c1ccccc1)N(C)C(=O)C1CCC(c2ccc(Cl)cc2)=C(c2ccc(Cl)cc2)C1. The average molecular weight is 464 g/mol. The maximum absolute atomic E-state index is 13.5. The van der Waals surface area contributed by atoms with Crippen molar-refractivity contribution < 1.29 is 4.79 Å². The van der Waals surface area contributed by atoms with Gasteiger partial charge >= 0.3 is 0 Å². The van der Waals surface area contributed by atoms with Crippen LogP contribution in [-0.4, -0.2) is 17.9 Å². The molecular formula is C28H27Cl2NO. The van der Waals surface area contributed by atoms with Crippen molar-refractivity contribution in [3.63, 3.8) is 0 Å². The standard InChI is InChI=1S/C28H27Cl2NO/c1-19(20-6-4-3-5-7-20)31(2)28(32)23-12-17-26(21-8-13-24(29)14-9-21)27(18-23)22-10-15-25(30)16-11-22/h3-11,13-16,19,23H,12,17-18H2,1-2H3. The van der Waals surface area contributed by atoms with Gasteiger partial charge in [0.05, 0.1) is 6.04 Å². The number of carbonyl (C=O) groups is 1. The van der Waals surface area contributed by atoms with E-state index in [1.54, 1.807) is 0 Å². The maximum atomic E-state index is 13.5. The van der Waals surface area contributed by atoms with Crippen LogP contribution in [-0.2, 0) is 4.79 Å². The van der Waals surface area contributed by atoms with Crippen LogP contribution in [0.5, 0.6) is 0 Å². The van der Waals surface area contributed by atoms with E-state index in [-0.39, 0.29) is 17.9 Å². The first-order valence-corrected chi connectivity index (χ1v) is 11.7. The zero-order valence-electron chi connectivity index (χ0n) is 18.4. The number of halogens is 2. The predicted octanol–water partition coefficient (Wildman–Crippen LogP) is 7.92. The molecule has 0 radical (unpaired) electrons. The molecule has 0 aromatic heterocycles. The Bertz CT molecular complexity index is 1100. The van der Waals surface area contributed by atoms with Gasteiger partial charge in [0, 0.05) is 23.0 Å². The topological polar surface area (TPSA) is 20.3 Å². The van der Waals surface area contributed by atoms with Crippen LogP contribution in [0, 0.1) is 5.92 Å². The van der Waals surface area contributed by atoms with Gasteiger partial charge in [-0.3, -0.25) is 4.79 Å². The van der Waals surface area contributed by atoms with Crippen molar-refractivity contribution in [3.05, 3.63) is 106 Å². The van der Waals surface area contributed by atoms with Crippen LogP contribution in [0.4, 0.5) is 0 Å². The maximum Gasteiger partial charge on any atom is 0.226 e. The summed E-state index contributed by atoms with van der Waals surface area (Å²) in [5.74, 6) is 0.149. The van der Waals surface area contributed by atoms with Crippen molar-refractivity contribution in [1.29, 1.82) is 0 Å². The van der Waals surface area contributed by atoms with Crippen LogP contribution in [0.2, 0.25) is 10.0 Å². The Morgan fingerprint density at radius 1 is 0.844 bits per heavy atom. The number of hydrogen-bond donors (Lipinski definition) is 0. The molecule has 0 saturated heterocycles. The first-order chi connectivity index (χ1) is 15.4. The Balaban J connectivity index is 1.64. The smallest absolute Gasteiger partial charge is 0.226 e. The molecule has 0 N–H and O–H groups in total. The molecule has 0 saturated carbocycles. The van der Waals surface area contributed by atoms with E-state index >= 15 is 0 Å². The molecule has 3 aromatic rings.